The molecule has 0 unspecified atom stereocenters. The summed E-state index contributed by atoms with van der Waals surface area (Å²) in [6.07, 6.45) is 3.67. The third-order valence-corrected chi connectivity index (χ3v) is 9.34. The predicted molar refractivity (Wildman–Crippen MR) is 146 cm³/mol. The van der Waals surface area contributed by atoms with Crippen LogP contribution < -0.4 is 10.0 Å². The van der Waals surface area contributed by atoms with Gasteiger partial charge in [0.2, 0.25) is 19.9 Å². The van der Waals surface area contributed by atoms with Gasteiger partial charge in [0.05, 0.1) is 4.90 Å². The molecule has 4 aromatic rings. The van der Waals surface area contributed by atoms with E-state index in [0.717, 1.165) is 11.1 Å². The van der Waals surface area contributed by atoms with Gasteiger partial charge >= 0.3 is 0 Å². The second kappa shape index (κ2) is 11.2. The maximum Gasteiger partial charge on any atom is 0.269 e. The third-order valence-electron chi connectivity index (χ3n) is 5.84. The van der Waals surface area contributed by atoms with E-state index in [1.807, 2.05) is 19.9 Å². The summed E-state index contributed by atoms with van der Waals surface area (Å²) >= 11 is 6.17. The Morgan fingerprint density at radius 2 is 1.66 bits per heavy atom. The molecule has 1 amide bonds. The van der Waals surface area contributed by atoms with Crippen LogP contribution in [-0.4, -0.2) is 45.8 Å². The van der Waals surface area contributed by atoms with E-state index >= 15 is 0 Å². The van der Waals surface area contributed by atoms with Gasteiger partial charge in [-0.1, -0.05) is 17.7 Å². The molecule has 2 heterocycles. The quantitative estimate of drug-likeness (QED) is 0.243. The standard InChI is InChI=1S/C26H27ClN4O5S2/c1-17-12-18(2)14-21(13-17)37(33,34)25-22-15-19(27)7-8-23(22)31-24(25)26(32)29-10-3-4-11-30-38(35,36)20-6-5-9-28-16-20/h5-9,12-16,30-31H,3-4,10-11H2,1-2H3,(H,29,32). The van der Waals surface area contributed by atoms with Crippen molar-refractivity contribution in [2.75, 3.05) is 13.1 Å². The maximum atomic E-state index is 13.8. The number of carbonyl (C=O) groups is 1. The van der Waals surface area contributed by atoms with Gasteiger partial charge in [0.1, 0.15) is 15.5 Å². The number of fused-ring (bicyclic) bond motifs is 1. The van der Waals surface area contributed by atoms with Crippen molar-refractivity contribution in [3.8, 4) is 0 Å². The van der Waals surface area contributed by atoms with Crippen molar-refractivity contribution < 1.29 is 21.6 Å². The van der Waals surface area contributed by atoms with E-state index in [2.05, 4.69) is 20.0 Å². The van der Waals surface area contributed by atoms with Crippen molar-refractivity contribution in [2.24, 2.45) is 0 Å². The molecular formula is C26H27ClN4O5S2. The average molecular weight is 575 g/mol. The van der Waals surface area contributed by atoms with Crippen LogP contribution >= 0.6 is 11.6 Å². The van der Waals surface area contributed by atoms with Crippen molar-refractivity contribution in [3.63, 3.8) is 0 Å². The maximum absolute atomic E-state index is 13.8. The number of sulfone groups is 1. The lowest BCUT2D eigenvalue weighted by atomic mass is 10.2. The Hall–Kier alpha value is -3.25. The molecule has 12 heteroatoms. The zero-order valence-electron chi connectivity index (χ0n) is 20.8. The van der Waals surface area contributed by atoms with Crippen LogP contribution in [0.2, 0.25) is 5.02 Å². The number of carbonyl (C=O) groups excluding carboxylic acids is 1. The van der Waals surface area contributed by atoms with E-state index in [1.54, 1.807) is 24.3 Å². The van der Waals surface area contributed by atoms with Crippen LogP contribution in [0.25, 0.3) is 10.9 Å². The first kappa shape index (κ1) is 27.8. The topological polar surface area (TPSA) is 138 Å². The number of H-pyrrole nitrogens is 1. The normalized spacial score (nSPS) is 12.1. The Kier molecular flexibility index (Phi) is 8.22. The molecule has 2 aromatic carbocycles. The van der Waals surface area contributed by atoms with Crippen LogP contribution in [0.3, 0.4) is 0 Å². The van der Waals surface area contributed by atoms with E-state index in [9.17, 15) is 21.6 Å². The molecule has 0 radical (unpaired) electrons. The van der Waals surface area contributed by atoms with Crippen molar-refractivity contribution in [3.05, 3.63) is 82.8 Å². The first-order chi connectivity index (χ1) is 18.0. The molecule has 0 bridgehead atoms. The summed E-state index contributed by atoms with van der Waals surface area (Å²) in [4.78, 5) is 19.9. The summed E-state index contributed by atoms with van der Waals surface area (Å²) in [5.74, 6) is -0.587. The fraction of sp³-hybridized carbons (Fsp3) is 0.231. The van der Waals surface area contributed by atoms with Crippen molar-refractivity contribution in [1.82, 2.24) is 20.0 Å². The summed E-state index contributed by atoms with van der Waals surface area (Å²) in [7, 11) is -7.74. The molecule has 2 aromatic heterocycles. The molecule has 38 heavy (non-hydrogen) atoms. The lowest BCUT2D eigenvalue weighted by Gasteiger charge is -2.10. The fourth-order valence-electron chi connectivity index (χ4n) is 4.12. The number of nitrogens with one attached hydrogen (secondary N) is 3. The zero-order valence-corrected chi connectivity index (χ0v) is 23.2. The van der Waals surface area contributed by atoms with E-state index in [-0.39, 0.29) is 33.5 Å². The molecule has 200 valence electrons. The number of unbranched alkanes of at least 4 members (excludes halogenated alkanes) is 1. The summed E-state index contributed by atoms with van der Waals surface area (Å²) in [6.45, 7) is 4.00. The first-order valence-corrected chi connectivity index (χ1v) is 15.2. The zero-order chi connectivity index (χ0) is 27.5. The van der Waals surface area contributed by atoms with Crippen LogP contribution in [0.4, 0.5) is 0 Å². The second-order valence-electron chi connectivity index (χ2n) is 8.90. The average Bonchev–Trinajstić information content (AvgIpc) is 3.25. The molecule has 0 saturated carbocycles. The number of rotatable bonds is 10. The highest BCUT2D eigenvalue weighted by Crippen LogP contribution is 2.34. The monoisotopic (exact) mass is 574 g/mol. The number of nitrogens with zero attached hydrogens (tertiary/aromatic N) is 1. The van der Waals surface area contributed by atoms with Gasteiger partial charge in [-0.2, -0.15) is 0 Å². The van der Waals surface area contributed by atoms with Gasteiger partial charge in [-0.15, -0.1) is 0 Å². The van der Waals surface area contributed by atoms with Gasteiger partial charge in [0.15, 0.2) is 0 Å². The molecule has 9 nitrogen and oxygen atoms in total. The highest BCUT2D eigenvalue weighted by molar-refractivity contribution is 7.91. The van der Waals surface area contributed by atoms with E-state index < -0.39 is 25.8 Å². The Morgan fingerprint density at radius 3 is 2.34 bits per heavy atom. The second-order valence-corrected chi connectivity index (χ2v) is 13.0. The number of halogens is 1. The number of sulfonamides is 1. The van der Waals surface area contributed by atoms with Crippen LogP contribution in [0.5, 0.6) is 0 Å². The number of pyridine rings is 1. The van der Waals surface area contributed by atoms with Gasteiger partial charge in [-0.3, -0.25) is 9.78 Å². The molecule has 0 spiro atoms. The molecule has 0 aliphatic rings. The molecule has 3 N–H and O–H groups in total. The van der Waals surface area contributed by atoms with Crippen LogP contribution in [0, 0.1) is 13.8 Å². The van der Waals surface area contributed by atoms with Crippen molar-refractivity contribution in [1.29, 1.82) is 0 Å². The molecule has 4 rings (SSSR count). The van der Waals surface area contributed by atoms with Crippen LogP contribution in [-0.2, 0) is 19.9 Å². The Morgan fingerprint density at radius 1 is 0.947 bits per heavy atom. The predicted octanol–water partition coefficient (Wildman–Crippen LogP) is 4.15. The summed E-state index contributed by atoms with van der Waals surface area (Å²) in [6, 6.07) is 12.8. The fourth-order valence-corrected chi connectivity index (χ4v) is 7.12. The summed E-state index contributed by atoms with van der Waals surface area (Å²) in [5, 5.41) is 3.40. The minimum Gasteiger partial charge on any atom is -0.351 e. The number of aromatic amines is 1. The minimum atomic E-state index is -4.07. The smallest absolute Gasteiger partial charge is 0.269 e. The van der Waals surface area contributed by atoms with Crippen LogP contribution in [0.15, 0.2) is 75.6 Å². The first-order valence-electron chi connectivity index (χ1n) is 11.8. The number of benzene rings is 2. The number of hydrogen-bond acceptors (Lipinski definition) is 6. The molecule has 0 saturated heterocycles. The molecule has 0 fully saturated rings. The number of hydrogen-bond donors (Lipinski definition) is 3. The largest absolute Gasteiger partial charge is 0.351 e. The van der Waals surface area contributed by atoms with Gasteiger partial charge in [0, 0.05) is 41.4 Å². The van der Waals surface area contributed by atoms with E-state index in [0.29, 0.717) is 28.8 Å². The SMILES string of the molecule is Cc1cc(C)cc(S(=O)(=O)c2c(C(=O)NCCCCNS(=O)(=O)c3cccnc3)[nH]c3ccc(Cl)cc23)c1. The van der Waals surface area contributed by atoms with Gasteiger partial charge in [0.25, 0.3) is 5.91 Å². The van der Waals surface area contributed by atoms with Crippen molar-refractivity contribution >= 4 is 48.3 Å². The number of aryl methyl sites for hydroxylation is 2. The van der Waals surface area contributed by atoms with Gasteiger partial charge < -0.3 is 10.3 Å². The minimum absolute atomic E-state index is 0.0739. The Bertz CT molecular complexity index is 1680. The Balaban J connectivity index is 1.49. The third kappa shape index (κ3) is 6.07. The van der Waals surface area contributed by atoms with Crippen LogP contribution in [0.1, 0.15) is 34.5 Å². The van der Waals surface area contributed by atoms with Crippen molar-refractivity contribution in [2.45, 2.75) is 41.4 Å². The van der Waals surface area contributed by atoms with Gasteiger partial charge in [-0.05, 0) is 80.3 Å². The van der Waals surface area contributed by atoms with Gasteiger partial charge in [-0.25, -0.2) is 21.6 Å². The number of amides is 1. The highest BCUT2D eigenvalue weighted by Gasteiger charge is 2.30. The summed E-state index contributed by atoms with van der Waals surface area (Å²) < 4.78 is 54.6. The molecule has 0 atom stereocenters. The lowest BCUT2D eigenvalue weighted by molar-refractivity contribution is 0.0945. The van der Waals surface area contributed by atoms with E-state index in [4.69, 9.17) is 11.6 Å². The molecule has 0 aliphatic carbocycles. The Labute approximate surface area is 226 Å². The molecular weight excluding hydrogens is 548 g/mol. The highest BCUT2D eigenvalue weighted by atomic mass is 35.5. The molecule has 0 aliphatic heterocycles. The van der Waals surface area contributed by atoms with E-state index in [1.165, 1.54) is 30.6 Å². The lowest BCUT2D eigenvalue weighted by Crippen LogP contribution is -2.28. The number of aromatic nitrogens is 2. The summed E-state index contributed by atoms with van der Waals surface area (Å²) in [5.41, 5.74) is 1.95.